The molecule has 1 aliphatic carbocycles. The van der Waals surface area contributed by atoms with Gasteiger partial charge in [0, 0.05) is 13.0 Å². The van der Waals surface area contributed by atoms with Crippen LogP contribution in [0, 0.1) is 11.8 Å². The highest BCUT2D eigenvalue weighted by atomic mass is 32.2. The molecule has 15 heavy (non-hydrogen) atoms. The van der Waals surface area contributed by atoms with Crippen LogP contribution < -0.4 is 0 Å². The van der Waals surface area contributed by atoms with E-state index in [1.54, 1.807) is 11.8 Å². The van der Waals surface area contributed by atoms with Crippen molar-refractivity contribution in [3.8, 4) is 0 Å². The van der Waals surface area contributed by atoms with Gasteiger partial charge < -0.3 is 4.74 Å². The normalized spacial score (nSPS) is 27.5. The quantitative estimate of drug-likeness (QED) is 0.414. The monoisotopic (exact) mass is 229 g/mol. The van der Waals surface area contributed by atoms with Crippen LogP contribution in [0.1, 0.15) is 25.7 Å². The predicted molar refractivity (Wildman–Crippen MR) is 64.3 cm³/mol. The van der Waals surface area contributed by atoms with Crippen LogP contribution in [-0.4, -0.2) is 31.4 Å². The number of hydrogen-bond acceptors (Lipinski definition) is 4. The number of carbonyl (C=O) groups excluding carboxylic acids is 1. The first-order valence-electron chi connectivity index (χ1n) is 5.31. The number of methoxy groups -OCH3 is 1. The standard InChI is InChI=1S/C11H19NO2S/c1-12-10(15-3)8-4-6-9(7-5-8)11(13)14-2/h8-9H,4-7H2,1-3H3/t8-,9-. The summed E-state index contributed by atoms with van der Waals surface area (Å²) in [5.74, 6) is 0.629. The molecule has 0 unspecified atom stereocenters. The van der Waals surface area contributed by atoms with Gasteiger partial charge in [0.25, 0.3) is 0 Å². The Hall–Kier alpha value is -0.510. The van der Waals surface area contributed by atoms with Crippen LogP contribution in [0.2, 0.25) is 0 Å². The van der Waals surface area contributed by atoms with Crippen molar-refractivity contribution in [2.45, 2.75) is 25.7 Å². The van der Waals surface area contributed by atoms with Gasteiger partial charge in [0.15, 0.2) is 0 Å². The van der Waals surface area contributed by atoms with E-state index in [9.17, 15) is 4.79 Å². The van der Waals surface area contributed by atoms with E-state index in [1.807, 2.05) is 7.05 Å². The van der Waals surface area contributed by atoms with Crippen molar-refractivity contribution >= 4 is 22.8 Å². The van der Waals surface area contributed by atoms with Crippen LogP contribution in [0.5, 0.6) is 0 Å². The SMILES string of the molecule is CN=C(SC)[C@H]1CC[C@H](C(=O)OC)CC1. The molecular weight excluding hydrogens is 210 g/mol. The Kier molecular flexibility index (Phi) is 5.15. The molecular formula is C11H19NO2S. The molecule has 1 saturated carbocycles. The molecule has 0 aromatic rings. The van der Waals surface area contributed by atoms with Crippen molar-refractivity contribution in [3.63, 3.8) is 0 Å². The molecule has 0 amide bonds. The Labute approximate surface area is 95.7 Å². The molecule has 0 heterocycles. The summed E-state index contributed by atoms with van der Waals surface area (Å²) in [6.07, 6.45) is 6.07. The Morgan fingerprint density at radius 3 is 2.20 bits per heavy atom. The van der Waals surface area contributed by atoms with E-state index in [1.165, 1.54) is 12.2 Å². The average Bonchev–Trinajstić information content (AvgIpc) is 2.30. The second kappa shape index (κ2) is 6.16. The third-order valence-corrected chi connectivity index (χ3v) is 3.97. The van der Waals surface area contributed by atoms with E-state index < -0.39 is 0 Å². The minimum absolute atomic E-state index is 0.0485. The number of nitrogens with zero attached hydrogens (tertiary/aromatic N) is 1. The summed E-state index contributed by atoms with van der Waals surface area (Å²) in [6, 6.07) is 0. The summed E-state index contributed by atoms with van der Waals surface area (Å²) >= 11 is 1.73. The molecule has 0 N–H and O–H groups in total. The second-order valence-corrected chi connectivity index (χ2v) is 4.66. The van der Waals surface area contributed by atoms with E-state index in [0.717, 1.165) is 25.7 Å². The number of carbonyl (C=O) groups is 1. The van der Waals surface area contributed by atoms with E-state index in [0.29, 0.717) is 5.92 Å². The number of hydrogen-bond donors (Lipinski definition) is 0. The van der Waals surface area contributed by atoms with Crippen molar-refractivity contribution < 1.29 is 9.53 Å². The molecule has 1 aliphatic rings. The van der Waals surface area contributed by atoms with Gasteiger partial charge in [-0.05, 0) is 31.9 Å². The summed E-state index contributed by atoms with van der Waals surface area (Å²) in [5.41, 5.74) is 0. The van der Waals surface area contributed by atoms with Crippen molar-refractivity contribution in [3.05, 3.63) is 0 Å². The molecule has 3 nitrogen and oxygen atoms in total. The lowest BCUT2D eigenvalue weighted by Gasteiger charge is -2.27. The molecule has 0 aromatic heterocycles. The van der Waals surface area contributed by atoms with Crippen molar-refractivity contribution in [2.75, 3.05) is 20.4 Å². The fraction of sp³-hybridized carbons (Fsp3) is 0.818. The van der Waals surface area contributed by atoms with Crippen LogP contribution in [0.3, 0.4) is 0 Å². The van der Waals surface area contributed by atoms with Gasteiger partial charge >= 0.3 is 5.97 Å². The number of thioether (sulfide) groups is 1. The molecule has 0 aromatic carbocycles. The Balaban J connectivity index is 2.45. The molecule has 0 aliphatic heterocycles. The highest BCUT2D eigenvalue weighted by Gasteiger charge is 2.28. The molecule has 1 rings (SSSR count). The molecule has 4 heteroatoms. The number of aliphatic imine (C=N–C) groups is 1. The summed E-state index contributed by atoms with van der Waals surface area (Å²) in [6.45, 7) is 0. The minimum Gasteiger partial charge on any atom is -0.469 e. The predicted octanol–water partition coefficient (Wildman–Crippen LogP) is 2.36. The van der Waals surface area contributed by atoms with Gasteiger partial charge in [0.05, 0.1) is 18.1 Å². The largest absolute Gasteiger partial charge is 0.469 e. The van der Waals surface area contributed by atoms with Gasteiger partial charge in [-0.25, -0.2) is 0 Å². The zero-order valence-electron chi connectivity index (χ0n) is 9.66. The molecule has 0 atom stereocenters. The van der Waals surface area contributed by atoms with Crippen LogP contribution in [0.4, 0.5) is 0 Å². The molecule has 0 radical (unpaired) electrons. The van der Waals surface area contributed by atoms with Gasteiger partial charge in [-0.2, -0.15) is 0 Å². The minimum atomic E-state index is -0.0485. The Morgan fingerprint density at radius 1 is 1.27 bits per heavy atom. The van der Waals surface area contributed by atoms with E-state index in [2.05, 4.69) is 11.2 Å². The molecule has 0 spiro atoms. The first kappa shape index (κ1) is 12.6. The van der Waals surface area contributed by atoms with E-state index >= 15 is 0 Å². The molecule has 0 saturated heterocycles. The van der Waals surface area contributed by atoms with Crippen LogP contribution >= 0.6 is 11.8 Å². The van der Waals surface area contributed by atoms with Crippen LogP contribution in [-0.2, 0) is 9.53 Å². The number of rotatable bonds is 2. The lowest BCUT2D eigenvalue weighted by molar-refractivity contribution is -0.146. The fourth-order valence-corrected chi connectivity index (χ4v) is 2.93. The fourth-order valence-electron chi connectivity index (χ4n) is 2.18. The van der Waals surface area contributed by atoms with Gasteiger partial charge in [-0.15, -0.1) is 11.8 Å². The zero-order valence-corrected chi connectivity index (χ0v) is 10.5. The summed E-state index contributed by atoms with van der Waals surface area (Å²) < 4.78 is 4.76. The third kappa shape index (κ3) is 3.23. The first-order valence-corrected chi connectivity index (χ1v) is 6.53. The first-order chi connectivity index (χ1) is 7.22. The van der Waals surface area contributed by atoms with Crippen molar-refractivity contribution in [1.82, 2.24) is 0 Å². The van der Waals surface area contributed by atoms with Gasteiger partial charge in [-0.3, -0.25) is 9.79 Å². The van der Waals surface area contributed by atoms with Gasteiger partial charge in [-0.1, -0.05) is 0 Å². The maximum atomic E-state index is 11.3. The van der Waals surface area contributed by atoms with Crippen molar-refractivity contribution in [2.24, 2.45) is 16.8 Å². The van der Waals surface area contributed by atoms with Crippen LogP contribution in [0.15, 0.2) is 4.99 Å². The topological polar surface area (TPSA) is 38.7 Å². The summed E-state index contributed by atoms with van der Waals surface area (Å²) in [7, 11) is 3.31. The third-order valence-electron chi connectivity index (χ3n) is 3.04. The average molecular weight is 229 g/mol. The Bertz CT molecular complexity index is 245. The smallest absolute Gasteiger partial charge is 0.308 e. The Morgan fingerprint density at radius 2 is 1.80 bits per heavy atom. The van der Waals surface area contributed by atoms with Gasteiger partial charge in [0.2, 0.25) is 0 Å². The summed E-state index contributed by atoms with van der Waals surface area (Å²) in [5, 5.41) is 1.22. The molecule has 0 bridgehead atoms. The highest BCUT2D eigenvalue weighted by Crippen LogP contribution is 2.32. The zero-order chi connectivity index (χ0) is 11.3. The molecule has 1 fully saturated rings. The van der Waals surface area contributed by atoms with E-state index in [-0.39, 0.29) is 11.9 Å². The lowest BCUT2D eigenvalue weighted by Crippen LogP contribution is -2.25. The highest BCUT2D eigenvalue weighted by molar-refractivity contribution is 8.13. The molecule has 86 valence electrons. The van der Waals surface area contributed by atoms with Gasteiger partial charge in [0.1, 0.15) is 0 Å². The van der Waals surface area contributed by atoms with Crippen molar-refractivity contribution in [1.29, 1.82) is 0 Å². The lowest BCUT2D eigenvalue weighted by atomic mass is 9.82. The number of ether oxygens (including phenoxy) is 1. The maximum Gasteiger partial charge on any atom is 0.308 e. The van der Waals surface area contributed by atoms with E-state index in [4.69, 9.17) is 4.74 Å². The summed E-state index contributed by atoms with van der Waals surface area (Å²) in [4.78, 5) is 15.6. The second-order valence-electron chi connectivity index (χ2n) is 3.84. The van der Waals surface area contributed by atoms with Crippen LogP contribution in [0.25, 0.3) is 0 Å². The number of esters is 1. The maximum absolute atomic E-state index is 11.3.